The van der Waals surface area contributed by atoms with E-state index in [2.05, 4.69) is 68.5 Å². The molecule has 0 aliphatic carbocycles. The van der Waals surface area contributed by atoms with E-state index in [1.165, 1.54) is 12.5 Å². The van der Waals surface area contributed by atoms with Gasteiger partial charge in [-0.15, -0.1) is 0 Å². The Morgan fingerprint density at radius 2 is 0.936 bits per heavy atom. The first-order valence-corrected chi connectivity index (χ1v) is 35.2. The lowest BCUT2D eigenvalue weighted by molar-refractivity contribution is -0.146. The molecule has 2 fully saturated rings. The molecular weight excluding hydrogens is 1460 g/mol. The van der Waals surface area contributed by atoms with Crippen molar-refractivity contribution in [2.75, 3.05) is 32.7 Å². The Bertz CT molecular complexity index is 3500. The van der Waals surface area contributed by atoms with Crippen LogP contribution in [0.15, 0.2) is 12.5 Å². The fourth-order valence-electron chi connectivity index (χ4n) is 11.4. The van der Waals surface area contributed by atoms with Gasteiger partial charge in [-0.2, -0.15) is 0 Å². The summed E-state index contributed by atoms with van der Waals surface area (Å²) in [5, 5.41) is 86.7. The molecule has 45 heteroatoms. The molecule has 1 aromatic heterocycles. The van der Waals surface area contributed by atoms with E-state index >= 15 is 0 Å². The molecule has 2 saturated heterocycles. The lowest BCUT2D eigenvalue weighted by atomic mass is 9.99. The number of imidazole rings is 1. The van der Waals surface area contributed by atoms with Crippen molar-refractivity contribution < 1.29 is 127 Å². The van der Waals surface area contributed by atoms with Gasteiger partial charge in [-0.3, -0.25) is 91.1 Å². The maximum absolute atomic E-state index is 14.4. The number of hydrogen-bond acceptors (Lipinski definition) is 24. The molecule has 0 saturated carbocycles. The average Bonchev–Trinajstić information content (AvgIpc) is 1.63. The highest BCUT2D eigenvalue weighted by molar-refractivity contribution is 6.01. The SMILES string of the molecule is CC[C@H](C)[C@H](N)C(=O)NCC(=O)N[C@@H](CC(C)C)C(=O)N[C@@H](Cc1cnc[nH]1)C(=O)N[C@@H](CC(=O)O)C(=O)N1CCC[C@H]1C(=O)N[C@H](C(=O)N[C@@H](CCC(N)=O)C(=O)NCC(=O)N[C@H](C(=O)N[C@@H](CCC(=O)O)C(=O)N1CCC[C@H]1C(=O)N[C@@H](CC(N)=O)C(=O)NCC(=O)N[C@@H](CCC(=O)O)C(=O)O)[C@@H](C)O)[C@@H](C)O. The van der Waals surface area contributed by atoms with Gasteiger partial charge in [-0.1, -0.05) is 34.1 Å². The van der Waals surface area contributed by atoms with Crippen molar-refractivity contribution in [2.24, 2.45) is 29.0 Å². The van der Waals surface area contributed by atoms with Crippen molar-refractivity contribution in [3.8, 4) is 0 Å². The van der Waals surface area contributed by atoms with E-state index < -0.39 is 274 Å². The van der Waals surface area contributed by atoms with Crippen LogP contribution in [-0.2, 0) is 102 Å². The number of nitrogens with zero attached hydrogens (tertiary/aromatic N) is 3. The molecule has 2 aliphatic heterocycles. The Hall–Kier alpha value is -11.5. The number of carbonyl (C=O) groups excluding carboxylic acids is 16. The number of primary amides is 2. The van der Waals surface area contributed by atoms with Gasteiger partial charge in [0.15, 0.2) is 0 Å². The van der Waals surface area contributed by atoms with Crippen LogP contribution in [0.2, 0.25) is 0 Å². The third-order valence-electron chi connectivity index (χ3n) is 17.5. The van der Waals surface area contributed by atoms with Crippen LogP contribution in [0.3, 0.4) is 0 Å². The molecule has 3 rings (SSSR count). The summed E-state index contributed by atoms with van der Waals surface area (Å²) in [6.07, 6.45) is -6.68. The Morgan fingerprint density at radius 1 is 0.491 bits per heavy atom. The first-order chi connectivity index (χ1) is 51.5. The van der Waals surface area contributed by atoms with Crippen molar-refractivity contribution >= 4 is 118 Å². The van der Waals surface area contributed by atoms with Gasteiger partial charge in [0.1, 0.15) is 66.5 Å². The normalized spacial score (nSPS) is 17.4. The number of H-pyrrole nitrogens is 1. The van der Waals surface area contributed by atoms with E-state index in [9.17, 15) is 121 Å². The summed E-state index contributed by atoms with van der Waals surface area (Å²) in [4.78, 5) is 271. The third kappa shape index (κ3) is 31.4. The molecule has 612 valence electrons. The zero-order chi connectivity index (χ0) is 83.0. The second-order valence-corrected chi connectivity index (χ2v) is 26.9. The number of nitrogens with two attached hydrogens (primary N) is 3. The quantitative estimate of drug-likeness (QED) is 0.0288. The highest BCUT2D eigenvalue weighted by Gasteiger charge is 2.44. The largest absolute Gasteiger partial charge is 0.481 e. The first kappa shape index (κ1) is 92.7. The molecule has 0 radical (unpaired) electrons. The summed E-state index contributed by atoms with van der Waals surface area (Å²) >= 11 is 0. The summed E-state index contributed by atoms with van der Waals surface area (Å²) in [5.41, 5.74) is 16.9. The molecule has 3 heterocycles. The predicted molar refractivity (Wildman–Crippen MR) is 374 cm³/mol. The van der Waals surface area contributed by atoms with Crippen molar-refractivity contribution in [1.29, 1.82) is 0 Å². The van der Waals surface area contributed by atoms with Crippen LogP contribution in [0, 0.1) is 11.8 Å². The van der Waals surface area contributed by atoms with Crippen molar-refractivity contribution in [2.45, 2.75) is 223 Å². The lowest BCUT2D eigenvalue weighted by Gasteiger charge is -2.31. The Labute approximate surface area is 629 Å². The van der Waals surface area contributed by atoms with E-state index in [1.54, 1.807) is 20.8 Å². The molecule has 25 N–H and O–H groups in total. The summed E-state index contributed by atoms with van der Waals surface area (Å²) in [7, 11) is 0. The minimum atomic E-state index is -2.00. The Balaban J connectivity index is 1.77. The molecule has 0 spiro atoms. The number of amides is 16. The van der Waals surface area contributed by atoms with Gasteiger partial charge in [-0.05, 0) is 77.0 Å². The number of carboxylic acids is 4. The maximum atomic E-state index is 14.4. The second-order valence-electron chi connectivity index (χ2n) is 26.9. The topological polar surface area (TPSA) is 720 Å². The molecule has 110 heavy (non-hydrogen) atoms. The van der Waals surface area contributed by atoms with Crippen LogP contribution >= 0.6 is 0 Å². The van der Waals surface area contributed by atoms with E-state index in [4.69, 9.17) is 22.3 Å². The van der Waals surface area contributed by atoms with E-state index in [1.807, 2.05) is 12.2 Å². The summed E-state index contributed by atoms with van der Waals surface area (Å²) in [5.74, 6) is -23.9. The van der Waals surface area contributed by atoms with E-state index in [0.29, 0.717) is 6.42 Å². The zero-order valence-corrected chi connectivity index (χ0v) is 61.5. The van der Waals surface area contributed by atoms with Gasteiger partial charge in [0.2, 0.25) is 94.5 Å². The number of nitrogens with one attached hydrogen (secondary N) is 13. The number of aliphatic carboxylic acids is 4. The zero-order valence-electron chi connectivity index (χ0n) is 61.5. The summed E-state index contributed by atoms with van der Waals surface area (Å²) in [6, 6.07) is -19.9. The van der Waals surface area contributed by atoms with E-state index in [-0.39, 0.29) is 69.1 Å². The monoisotopic (exact) mass is 1560 g/mol. The smallest absolute Gasteiger partial charge is 0.326 e. The van der Waals surface area contributed by atoms with E-state index in [0.717, 1.165) is 23.6 Å². The third-order valence-corrected chi connectivity index (χ3v) is 17.5. The van der Waals surface area contributed by atoms with Crippen LogP contribution < -0.4 is 81.0 Å². The van der Waals surface area contributed by atoms with Crippen LogP contribution in [-0.4, -0.2) is 286 Å². The van der Waals surface area contributed by atoms with Crippen LogP contribution in [0.4, 0.5) is 0 Å². The number of aliphatic hydroxyl groups is 2. The number of aromatic nitrogens is 2. The molecule has 16 amide bonds. The molecule has 0 aromatic carbocycles. The van der Waals surface area contributed by atoms with Gasteiger partial charge in [-0.25, -0.2) is 9.78 Å². The maximum Gasteiger partial charge on any atom is 0.326 e. The predicted octanol–water partition coefficient (Wildman–Crippen LogP) is -9.74. The van der Waals surface area contributed by atoms with Gasteiger partial charge >= 0.3 is 23.9 Å². The van der Waals surface area contributed by atoms with Crippen LogP contribution in [0.1, 0.15) is 137 Å². The van der Waals surface area contributed by atoms with Gasteiger partial charge in [0.05, 0.1) is 57.1 Å². The minimum absolute atomic E-state index is 0.0220. The number of aliphatic hydroxyl groups excluding tert-OH is 2. The minimum Gasteiger partial charge on any atom is -0.481 e. The standard InChI is InChI=1S/C65H101N19O26/c1-7-30(4)51(68)60(104)72-26-46(90)75-37(20-29(2)3)56(100)78-38(21-33-24-69-28-73-33)57(101)80-40(23-50(96)97)64(108)84-19-9-11-42(84)59(103)82-53(32(6)86)62(106)76-34(12-15-43(66)87)54(98)70-27-47(91)81-52(31(5)85)61(105)77-35(13-16-48(92)93)63(107)83-18-8-10-41(83)58(102)79-39(22-44(67)88)55(99)71-25-45(89)74-36(65(109)110)14-17-49(94)95/h24,28-32,34-42,51-53,85-86H,7-23,25-27,68H2,1-6H3,(H2,66,87)(H2,67,88)(H,69,73)(H,70,98)(H,71,99)(H,72,104)(H,74,89)(H,75,90)(H,76,106)(H,77,105)(H,78,100)(H,79,102)(H,80,101)(H,81,91)(H,82,103)(H,92,93)(H,94,95)(H,96,97)(H,109,110)/t30-,31+,32+,34-,35-,36-,37-,38-,39-,40-,41-,42-,51-,52-,53-/m0/s1. The van der Waals surface area contributed by atoms with Gasteiger partial charge in [0, 0.05) is 50.7 Å². The van der Waals surface area contributed by atoms with Crippen LogP contribution in [0.25, 0.3) is 0 Å². The number of hydrogen-bond donors (Lipinski definition) is 22. The lowest BCUT2D eigenvalue weighted by Crippen LogP contribution is -2.61. The molecule has 45 nitrogen and oxygen atoms in total. The van der Waals surface area contributed by atoms with Gasteiger partial charge in [0.25, 0.3) is 0 Å². The molecular formula is C65H101N19O26. The fraction of sp³-hybridized carbons (Fsp3) is 0.646. The number of aromatic amines is 1. The Morgan fingerprint density at radius 3 is 1.41 bits per heavy atom. The molecule has 2 aliphatic rings. The summed E-state index contributed by atoms with van der Waals surface area (Å²) in [6.45, 7) is 6.08. The number of likely N-dealkylation sites (tertiary alicyclic amines) is 2. The highest BCUT2D eigenvalue weighted by Crippen LogP contribution is 2.23. The number of rotatable bonds is 48. The molecule has 0 bridgehead atoms. The molecule has 0 unspecified atom stereocenters. The van der Waals surface area contributed by atoms with Gasteiger partial charge < -0.3 is 126 Å². The first-order valence-electron chi connectivity index (χ1n) is 35.2. The van der Waals surface area contributed by atoms with Crippen molar-refractivity contribution in [1.82, 2.24) is 83.6 Å². The Kier molecular flexibility index (Phi) is 38.2. The number of carboxylic acid groups (broad SMARTS) is 4. The van der Waals surface area contributed by atoms with Crippen molar-refractivity contribution in [3.63, 3.8) is 0 Å². The van der Waals surface area contributed by atoms with Crippen LogP contribution in [0.5, 0.6) is 0 Å². The summed E-state index contributed by atoms with van der Waals surface area (Å²) < 4.78 is 0. The number of carbonyl (C=O) groups is 20. The molecule has 1 aromatic rings. The second kappa shape index (κ2) is 45.3. The molecule has 15 atom stereocenters. The highest BCUT2D eigenvalue weighted by atomic mass is 16.4. The average molecular weight is 1560 g/mol. The van der Waals surface area contributed by atoms with Crippen molar-refractivity contribution in [3.05, 3.63) is 18.2 Å². The fourth-order valence-corrected chi connectivity index (χ4v) is 11.4.